The van der Waals surface area contributed by atoms with Gasteiger partial charge in [0.1, 0.15) is 6.07 Å². The number of rotatable bonds is 5. The van der Waals surface area contributed by atoms with E-state index in [0.717, 1.165) is 30.6 Å². The van der Waals surface area contributed by atoms with Crippen LogP contribution in [0.25, 0.3) is 0 Å². The number of hydrogen-bond acceptors (Lipinski definition) is 3. The van der Waals surface area contributed by atoms with E-state index in [0.29, 0.717) is 5.56 Å². The highest BCUT2D eigenvalue weighted by atomic mass is 16.3. The van der Waals surface area contributed by atoms with Crippen LogP contribution in [-0.4, -0.2) is 17.8 Å². The maximum absolute atomic E-state index is 9.12. The Hall–Kier alpha value is -1.53. The number of nitrogens with one attached hydrogen (secondary N) is 1. The monoisotopic (exact) mass is 218 g/mol. The van der Waals surface area contributed by atoms with Gasteiger partial charge in [0.2, 0.25) is 0 Å². The zero-order valence-corrected chi connectivity index (χ0v) is 9.83. The fourth-order valence-corrected chi connectivity index (χ4v) is 1.61. The summed E-state index contributed by atoms with van der Waals surface area (Å²) in [5, 5.41) is 21.3. The van der Waals surface area contributed by atoms with Crippen LogP contribution >= 0.6 is 0 Å². The topological polar surface area (TPSA) is 56.0 Å². The highest BCUT2D eigenvalue weighted by Crippen LogP contribution is 2.19. The Labute approximate surface area is 96.7 Å². The number of anilines is 1. The maximum Gasteiger partial charge on any atom is 0.101 e. The fraction of sp³-hybridized carbons (Fsp3) is 0.462. The van der Waals surface area contributed by atoms with E-state index in [-0.39, 0.29) is 6.10 Å². The van der Waals surface area contributed by atoms with Gasteiger partial charge >= 0.3 is 0 Å². The third kappa shape index (κ3) is 3.56. The number of para-hydroxylation sites is 1. The maximum atomic E-state index is 9.12. The van der Waals surface area contributed by atoms with Gasteiger partial charge in [0, 0.05) is 6.54 Å². The van der Waals surface area contributed by atoms with Crippen molar-refractivity contribution in [3.8, 4) is 6.07 Å². The molecule has 3 heteroatoms. The van der Waals surface area contributed by atoms with Crippen LogP contribution in [0.4, 0.5) is 5.69 Å². The average Bonchev–Trinajstić information content (AvgIpc) is 2.25. The molecule has 2 N–H and O–H groups in total. The number of nitrogens with zero attached hydrogens (tertiary/aromatic N) is 1. The number of nitriles is 1. The van der Waals surface area contributed by atoms with Crippen LogP contribution in [0.1, 0.15) is 30.9 Å². The van der Waals surface area contributed by atoms with Gasteiger partial charge in [-0.2, -0.15) is 5.26 Å². The van der Waals surface area contributed by atoms with Gasteiger partial charge in [-0.15, -0.1) is 0 Å². The number of hydrogen-bond donors (Lipinski definition) is 2. The Bertz CT molecular complexity index is 380. The largest absolute Gasteiger partial charge is 0.393 e. The molecule has 3 nitrogen and oxygen atoms in total. The van der Waals surface area contributed by atoms with Gasteiger partial charge in [0.15, 0.2) is 0 Å². The molecule has 0 bridgehead atoms. The van der Waals surface area contributed by atoms with E-state index in [1.54, 1.807) is 6.92 Å². The van der Waals surface area contributed by atoms with E-state index in [1.807, 2.05) is 25.1 Å². The van der Waals surface area contributed by atoms with Crippen LogP contribution in [0.3, 0.4) is 0 Å². The summed E-state index contributed by atoms with van der Waals surface area (Å²) in [6.45, 7) is 4.55. The normalized spacial score (nSPS) is 11.9. The molecule has 86 valence electrons. The molecule has 16 heavy (non-hydrogen) atoms. The zero-order chi connectivity index (χ0) is 12.0. The second-order valence-corrected chi connectivity index (χ2v) is 4.03. The molecule has 1 unspecified atom stereocenters. The predicted octanol–water partition coefficient (Wildman–Crippen LogP) is 2.44. The molecule has 1 aromatic rings. The van der Waals surface area contributed by atoms with E-state index >= 15 is 0 Å². The average molecular weight is 218 g/mol. The van der Waals surface area contributed by atoms with Gasteiger partial charge in [-0.3, -0.25) is 0 Å². The van der Waals surface area contributed by atoms with Crippen molar-refractivity contribution in [3.05, 3.63) is 29.3 Å². The Kier molecular flexibility index (Phi) is 4.81. The summed E-state index contributed by atoms with van der Waals surface area (Å²) in [6.07, 6.45) is 1.42. The summed E-state index contributed by atoms with van der Waals surface area (Å²) < 4.78 is 0. The molecule has 1 atom stereocenters. The standard InChI is InChI=1S/C13H18N2O/c1-10-5-3-7-12(9-14)13(10)15-8-4-6-11(2)16/h3,5,7,11,15-16H,4,6,8H2,1-2H3. The van der Waals surface area contributed by atoms with Crippen molar-refractivity contribution in [2.24, 2.45) is 0 Å². The predicted molar refractivity (Wildman–Crippen MR) is 65.3 cm³/mol. The lowest BCUT2D eigenvalue weighted by Crippen LogP contribution is -2.08. The first-order valence-corrected chi connectivity index (χ1v) is 5.56. The molecule has 0 saturated carbocycles. The number of benzene rings is 1. The van der Waals surface area contributed by atoms with Crippen molar-refractivity contribution in [3.63, 3.8) is 0 Å². The molecule has 0 aliphatic rings. The van der Waals surface area contributed by atoms with Crippen molar-refractivity contribution in [2.75, 3.05) is 11.9 Å². The zero-order valence-electron chi connectivity index (χ0n) is 9.83. The van der Waals surface area contributed by atoms with Crippen LogP contribution < -0.4 is 5.32 Å². The van der Waals surface area contributed by atoms with Gasteiger partial charge in [0.05, 0.1) is 17.4 Å². The highest BCUT2D eigenvalue weighted by molar-refractivity contribution is 5.62. The molecule has 0 aliphatic heterocycles. The van der Waals surface area contributed by atoms with Crippen molar-refractivity contribution >= 4 is 5.69 Å². The summed E-state index contributed by atoms with van der Waals surface area (Å²) in [5.74, 6) is 0. The summed E-state index contributed by atoms with van der Waals surface area (Å²) in [4.78, 5) is 0. The molecule has 0 aromatic heterocycles. The minimum absolute atomic E-state index is 0.255. The van der Waals surface area contributed by atoms with E-state index in [1.165, 1.54) is 0 Å². The first-order chi connectivity index (χ1) is 7.65. The quantitative estimate of drug-likeness (QED) is 0.746. The molecule has 0 heterocycles. The number of aliphatic hydroxyl groups excluding tert-OH is 1. The number of aliphatic hydroxyl groups is 1. The molecule has 0 amide bonds. The van der Waals surface area contributed by atoms with Crippen LogP contribution in [0, 0.1) is 18.3 Å². The van der Waals surface area contributed by atoms with Crippen molar-refractivity contribution in [2.45, 2.75) is 32.8 Å². The van der Waals surface area contributed by atoms with Gasteiger partial charge < -0.3 is 10.4 Å². The van der Waals surface area contributed by atoms with E-state index in [2.05, 4.69) is 11.4 Å². The Balaban J connectivity index is 2.57. The van der Waals surface area contributed by atoms with Gasteiger partial charge in [-0.05, 0) is 38.3 Å². The van der Waals surface area contributed by atoms with Gasteiger partial charge in [0.25, 0.3) is 0 Å². The molecule has 1 rings (SSSR count). The third-order valence-corrected chi connectivity index (χ3v) is 2.49. The highest BCUT2D eigenvalue weighted by Gasteiger charge is 2.04. The summed E-state index contributed by atoms with van der Waals surface area (Å²) in [6, 6.07) is 7.85. The van der Waals surface area contributed by atoms with Crippen LogP contribution in [0.15, 0.2) is 18.2 Å². The van der Waals surface area contributed by atoms with Crippen molar-refractivity contribution < 1.29 is 5.11 Å². The molecular formula is C13H18N2O. The Morgan fingerprint density at radius 2 is 2.25 bits per heavy atom. The van der Waals surface area contributed by atoms with E-state index in [9.17, 15) is 0 Å². The molecule has 0 radical (unpaired) electrons. The fourth-order valence-electron chi connectivity index (χ4n) is 1.61. The second kappa shape index (κ2) is 6.14. The van der Waals surface area contributed by atoms with Gasteiger partial charge in [-0.25, -0.2) is 0 Å². The molecule has 0 aliphatic carbocycles. The SMILES string of the molecule is Cc1cccc(C#N)c1NCCCC(C)O. The smallest absolute Gasteiger partial charge is 0.101 e. The van der Waals surface area contributed by atoms with Crippen molar-refractivity contribution in [1.82, 2.24) is 0 Å². The first kappa shape index (κ1) is 12.5. The van der Waals surface area contributed by atoms with Crippen molar-refractivity contribution in [1.29, 1.82) is 5.26 Å². The van der Waals surface area contributed by atoms with E-state index in [4.69, 9.17) is 10.4 Å². The minimum atomic E-state index is -0.255. The third-order valence-electron chi connectivity index (χ3n) is 2.49. The van der Waals surface area contributed by atoms with Crippen LogP contribution in [-0.2, 0) is 0 Å². The summed E-state index contributed by atoms with van der Waals surface area (Å²) in [7, 11) is 0. The summed E-state index contributed by atoms with van der Waals surface area (Å²) in [5.41, 5.74) is 2.67. The van der Waals surface area contributed by atoms with E-state index < -0.39 is 0 Å². The second-order valence-electron chi connectivity index (χ2n) is 4.03. The molecule has 0 saturated heterocycles. The Morgan fingerprint density at radius 1 is 1.50 bits per heavy atom. The first-order valence-electron chi connectivity index (χ1n) is 5.56. The lowest BCUT2D eigenvalue weighted by molar-refractivity contribution is 0.183. The lowest BCUT2D eigenvalue weighted by atomic mass is 10.1. The number of aryl methyl sites for hydroxylation is 1. The lowest BCUT2D eigenvalue weighted by Gasteiger charge is -2.11. The van der Waals surface area contributed by atoms with Crippen LogP contribution in [0.2, 0.25) is 0 Å². The summed E-state index contributed by atoms with van der Waals surface area (Å²) >= 11 is 0. The molecular weight excluding hydrogens is 200 g/mol. The van der Waals surface area contributed by atoms with Crippen LogP contribution in [0.5, 0.6) is 0 Å². The minimum Gasteiger partial charge on any atom is -0.393 e. The van der Waals surface area contributed by atoms with Gasteiger partial charge in [-0.1, -0.05) is 12.1 Å². The Morgan fingerprint density at radius 3 is 2.88 bits per heavy atom. The molecule has 0 spiro atoms. The molecule has 0 fully saturated rings. The molecule has 1 aromatic carbocycles.